The topological polar surface area (TPSA) is 43.6 Å². The van der Waals surface area contributed by atoms with Crippen molar-refractivity contribution < 1.29 is 9.53 Å². The van der Waals surface area contributed by atoms with E-state index in [0.29, 0.717) is 11.4 Å². The smallest absolute Gasteiger partial charge is 0.308 e. The first-order valence-electron chi connectivity index (χ1n) is 4.31. The zero-order chi connectivity index (χ0) is 10.1. The van der Waals surface area contributed by atoms with E-state index in [1.807, 2.05) is 31.3 Å². The van der Waals surface area contributed by atoms with Gasteiger partial charge in [0.05, 0.1) is 0 Å². The molecule has 2 heterocycles. The third-order valence-electron chi connectivity index (χ3n) is 1.90. The van der Waals surface area contributed by atoms with Crippen LogP contribution in [0.1, 0.15) is 12.6 Å². The van der Waals surface area contributed by atoms with Crippen molar-refractivity contribution in [1.29, 1.82) is 0 Å². The minimum absolute atomic E-state index is 0.327. The highest BCUT2D eigenvalue weighted by Crippen LogP contribution is 2.23. The van der Waals surface area contributed by atoms with Crippen molar-refractivity contribution in [2.75, 3.05) is 0 Å². The highest BCUT2D eigenvalue weighted by Gasteiger charge is 2.11. The van der Waals surface area contributed by atoms with Crippen LogP contribution in [-0.2, 0) is 4.79 Å². The van der Waals surface area contributed by atoms with E-state index < -0.39 is 0 Å². The average Bonchev–Trinajstić information content (AvgIpc) is 2.43. The maximum Gasteiger partial charge on any atom is 0.308 e. The maximum atomic E-state index is 10.8. The van der Waals surface area contributed by atoms with Gasteiger partial charge in [0.2, 0.25) is 0 Å². The van der Waals surface area contributed by atoms with Crippen LogP contribution in [0.5, 0.6) is 5.75 Å². The molecule has 4 nitrogen and oxygen atoms in total. The van der Waals surface area contributed by atoms with Crippen LogP contribution in [-0.4, -0.2) is 15.6 Å². The fourth-order valence-electron chi connectivity index (χ4n) is 1.36. The summed E-state index contributed by atoms with van der Waals surface area (Å²) in [4.78, 5) is 10.8. The van der Waals surface area contributed by atoms with Gasteiger partial charge in [0.1, 0.15) is 11.2 Å². The molecule has 0 atom stereocenters. The SMILES string of the molecule is CC(=O)Oc1c(C)nn2ccccc12. The molecule has 0 aliphatic carbocycles. The number of aryl methyl sites for hydroxylation is 1. The molecule has 0 saturated heterocycles. The van der Waals surface area contributed by atoms with Gasteiger partial charge in [-0.3, -0.25) is 4.79 Å². The predicted molar refractivity (Wildman–Crippen MR) is 51.2 cm³/mol. The van der Waals surface area contributed by atoms with Gasteiger partial charge in [-0.05, 0) is 19.1 Å². The molecule has 0 fully saturated rings. The molecule has 0 aromatic carbocycles. The van der Waals surface area contributed by atoms with E-state index in [0.717, 1.165) is 5.52 Å². The van der Waals surface area contributed by atoms with E-state index in [1.165, 1.54) is 6.92 Å². The highest BCUT2D eigenvalue weighted by molar-refractivity contribution is 5.74. The van der Waals surface area contributed by atoms with Crippen molar-refractivity contribution in [3.05, 3.63) is 30.1 Å². The normalized spacial score (nSPS) is 10.4. The first-order chi connectivity index (χ1) is 6.68. The monoisotopic (exact) mass is 190 g/mol. The van der Waals surface area contributed by atoms with Gasteiger partial charge in [0, 0.05) is 13.1 Å². The zero-order valence-electron chi connectivity index (χ0n) is 8.02. The van der Waals surface area contributed by atoms with Crippen molar-refractivity contribution in [3.8, 4) is 5.75 Å². The molecule has 0 radical (unpaired) electrons. The van der Waals surface area contributed by atoms with Crippen molar-refractivity contribution >= 4 is 11.5 Å². The molecule has 72 valence electrons. The first kappa shape index (κ1) is 8.74. The van der Waals surface area contributed by atoms with Crippen molar-refractivity contribution in [1.82, 2.24) is 9.61 Å². The number of rotatable bonds is 1. The lowest BCUT2D eigenvalue weighted by molar-refractivity contribution is -0.131. The van der Waals surface area contributed by atoms with Crippen LogP contribution >= 0.6 is 0 Å². The third kappa shape index (κ3) is 1.35. The standard InChI is InChI=1S/C10H10N2O2/c1-7-10(14-8(2)13)9-5-3-4-6-12(9)11-7/h3-6H,1-2H3. The van der Waals surface area contributed by atoms with Crippen LogP contribution in [0.25, 0.3) is 5.52 Å². The van der Waals surface area contributed by atoms with Gasteiger partial charge in [-0.15, -0.1) is 0 Å². The fourth-order valence-corrected chi connectivity index (χ4v) is 1.36. The zero-order valence-corrected chi connectivity index (χ0v) is 8.02. The summed E-state index contributed by atoms with van der Waals surface area (Å²) >= 11 is 0. The number of aromatic nitrogens is 2. The highest BCUT2D eigenvalue weighted by atomic mass is 16.5. The van der Waals surface area contributed by atoms with Gasteiger partial charge in [0.25, 0.3) is 0 Å². The minimum atomic E-state index is -0.327. The Bertz CT molecular complexity index is 488. The summed E-state index contributed by atoms with van der Waals surface area (Å²) in [5.41, 5.74) is 1.52. The Morgan fingerprint density at radius 1 is 1.50 bits per heavy atom. The van der Waals surface area contributed by atoms with Crippen LogP contribution in [0.3, 0.4) is 0 Å². The van der Waals surface area contributed by atoms with Crippen LogP contribution in [0, 0.1) is 6.92 Å². The Morgan fingerprint density at radius 3 is 3.00 bits per heavy atom. The van der Waals surface area contributed by atoms with Crippen LogP contribution in [0.15, 0.2) is 24.4 Å². The lowest BCUT2D eigenvalue weighted by Gasteiger charge is -1.98. The number of nitrogens with zero attached hydrogens (tertiary/aromatic N) is 2. The summed E-state index contributed by atoms with van der Waals surface area (Å²) < 4.78 is 6.76. The minimum Gasteiger partial charge on any atom is -0.422 e. The number of fused-ring (bicyclic) bond motifs is 1. The Morgan fingerprint density at radius 2 is 2.29 bits per heavy atom. The molecule has 0 aliphatic rings. The lowest BCUT2D eigenvalue weighted by atomic mass is 10.3. The van der Waals surface area contributed by atoms with Gasteiger partial charge in [0.15, 0.2) is 5.75 Å². The Hall–Kier alpha value is -1.84. The van der Waals surface area contributed by atoms with Gasteiger partial charge < -0.3 is 4.74 Å². The Balaban J connectivity index is 2.62. The Labute approximate surface area is 81.1 Å². The van der Waals surface area contributed by atoms with E-state index in [9.17, 15) is 4.79 Å². The van der Waals surface area contributed by atoms with Crippen molar-refractivity contribution in [3.63, 3.8) is 0 Å². The number of pyridine rings is 1. The summed E-state index contributed by atoms with van der Waals surface area (Å²) in [6.07, 6.45) is 1.81. The molecule has 0 bridgehead atoms. The molecule has 2 aromatic heterocycles. The Kier molecular flexibility index (Phi) is 1.96. The third-order valence-corrected chi connectivity index (χ3v) is 1.90. The average molecular weight is 190 g/mol. The predicted octanol–water partition coefficient (Wildman–Crippen LogP) is 1.57. The molecule has 0 spiro atoms. The van der Waals surface area contributed by atoms with Crippen molar-refractivity contribution in [2.24, 2.45) is 0 Å². The summed E-state index contributed by atoms with van der Waals surface area (Å²) in [5.74, 6) is 0.213. The molecule has 0 aliphatic heterocycles. The molecule has 0 unspecified atom stereocenters. The molecule has 0 saturated carbocycles. The van der Waals surface area contributed by atoms with Gasteiger partial charge >= 0.3 is 5.97 Å². The van der Waals surface area contributed by atoms with Crippen LogP contribution < -0.4 is 4.74 Å². The number of hydrogen-bond donors (Lipinski definition) is 0. The summed E-state index contributed by atoms with van der Waals surface area (Å²) in [6.45, 7) is 3.19. The summed E-state index contributed by atoms with van der Waals surface area (Å²) in [5, 5.41) is 4.21. The molecule has 0 amide bonds. The molecule has 2 rings (SSSR count). The van der Waals surface area contributed by atoms with E-state index in [-0.39, 0.29) is 5.97 Å². The quantitative estimate of drug-likeness (QED) is 0.641. The maximum absolute atomic E-state index is 10.8. The molecule has 4 heteroatoms. The largest absolute Gasteiger partial charge is 0.422 e. The number of hydrogen-bond acceptors (Lipinski definition) is 3. The fraction of sp³-hybridized carbons (Fsp3) is 0.200. The number of carbonyl (C=O) groups excluding carboxylic acids is 1. The lowest BCUT2D eigenvalue weighted by Crippen LogP contribution is -2.01. The summed E-state index contributed by atoms with van der Waals surface area (Å²) in [7, 11) is 0. The van der Waals surface area contributed by atoms with E-state index in [2.05, 4.69) is 5.10 Å². The first-order valence-corrected chi connectivity index (χ1v) is 4.31. The molecular weight excluding hydrogens is 180 g/mol. The number of ether oxygens (including phenoxy) is 1. The van der Waals surface area contributed by atoms with Crippen molar-refractivity contribution in [2.45, 2.75) is 13.8 Å². The van der Waals surface area contributed by atoms with Crippen LogP contribution in [0.4, 0.5) is 0 Å². The second kappa shape index (κ2) is 3.14. The van der Waals surface area contributed by atoms with E-state index in [1.54, 1.807) is 4.52 Å². The number of carbonyl (C=O) groups is 1. The van der Waals surface area contributed by atoms with Crippen LogP contribution in [0.2, 0.25) is 0 Å². The molecule has 14 heavy (non-hydrogen) atoms. The van der Waals surface area contributed by atoms with E-state index >= 15 is 0 Å². The number of esters is 1. The molecule has 2 aromatic rings. The second-order valence-corrected chi connectivity index (χ2v) is 3.04. The van der Waals surface area contributed by atoms with Gasteiger partial charge in [-0.1, -0.05) is 6.07 Å². The van der Waals surface area contributed by atoms with E-state index in [4.69, 9.17) is 4.74 Å². The van der Waals surface area contributed by atoms with Gasteiger partial charge in [-0.25, -0.2) is 4.52 Å². The van der Waals surface area contributed by atoms with Gasteiger partial charge in [-0.2, -0.15) is 5.10 Å². The molecule has 0 N–H and O–H groups in total. The second-order valence-electron chi connectivity index (χ2n) is 3.04. The molecular formula is C10H10N2O2. The summed E-state index contributed by atoms with van der Waals surface area (Å²) in [6, 6.07) is 5.61.